The SMILES string of the molecule is Cc1ccc(NC(=O)CCn2cncn2)cc1F. The number of nitrogens with one attached hydrogen (secondary N) is 1. The predicted molar refractivity (Wildman–Crippen MR) is 64.4 cm³/mol. The van der Waals surface area contributed by atoms with Crippen LogP contribution in [0.4, 0.5) is 10.1 Å². The second kappa shape index (κ2) is 5.39. The van der Waals surface area contributed by atoms with Gasteiger partial charge in [0.2, 0.25) is 5.91 Å². The molecule has 2 rings (SSSR count). The predicted octanol–water partition coefficient (Wildman–Crippen LogP) is 1.75. The Bertz CT molecular complexity index is 539. The zero-order valence-electron chi connectivity index (χ0n) is 9.93. The van der Waals surface area contributed by atoms with Gasteiger partial charge in [0.05, 0.1) is 6.54 Å². The molecule has 0 spiro atoms. The summed E-state index contributed by atoms with van der Waals surface area (Å²) < 4.78 is 14.8. The summed E-state index contributed by atoms with van der Waals surface area (Å²) in [5.41, 5.74) is 1.01. The first kappa shape index (κ1) is 12.2. The van der Waals surface area contributed by atoms with E-state index < -0.39 is 0 Å². The number of nitrogens with zero attached hydrogens (tertiary/aromatic N) is 3. The smallest absolute Gasteiger partial charge is 0.226 e. The van der Waals surface area contributed by atoms with Gasteiger partial charge in [-0.1, -0.05) is 6.07 Å². The fourth-order valence-electron chi connectivity index (χ4n) is 1.46. The van der Waals surface area contributed by atoms with Gasteiger partial charge in [-0.2, -0.15) is 5.10 Å². The van der Waals surface area contributed by atoms with Crippen LogP contribution in [0.15, 0.2) is 30.9 Å². The highest BCUT2D eigenvalue weighted by Crippen LogP contribution is 2.13. The summed E-state index contributed by atoms with van der Waals surface area (Å²) in [6.45, 7) is 2.12. The van der Waals surface area contributed by atoms with E-state index in [-0.39, 0.29) is 18.1 Å². The van der Waals surface area contributed by atoms with Gasteiger partial charge in [-0.05, 0) is 24.6 Å². The summed E-state index contributed by atoms with van der Waals surface area (Å²) in [6.07, 6.45) is 3.21. The van der Waals surface area contributed by atoms with Crippen LogP contribution in [0.3, 0.4) is 0 Å². The molecule has 0 aliphatic carbocycles. The van der Waals surface area contributed by atoms with Crippen LogP contribution in [0.1, 0.15) is 12.0 Å². The number of hydrogen-bond donors (Lipinski definition) is 1. The fraction of sp³-hybridized carbons (Fsp3) is 0.250. The maximum atomic E-state index is 13.3. The van der Waals surface area contributed by atoms with E-state index in [0.29, 0.717) is 17.8 Å². The third-order valence-corrected chi connectivity index (χ3v) is 2.49. The minimum atomic E-state index is -0.330. The van der Waals surface area contributed by atoms with Crippen molar-refractivity contribution < 1.29 is 9.18 Å². The van der Waals surface area contributed by atoms with Crippen molar-refractivity contribution in [2.24, 2.45) is 0 Å². The van der Waals surface area contributed by atoms with Crippen molar-refractivity contribution in [1.29, 1.82) is 0 Å². The Morgan fingerprint density at radius 2 is 2.33 bits per heavy atom. The van der Waals surface area contributed by atoms with Crippen molar-refractivity contribution in [2.75, 3.05) is 5.32 Å². The van der Waals surface area contributed by atoms with Gasteiger partial charge < -0.3 is 5.32 Å². The largest absolute Gasteiger partial charge is 0.326 e. The van der Waals surface area contributed by atoms with Crippen molar-refractivity contribution >= 4 is 11.6 Å². The van der Waals surface area contributed by atoms with Crippen LogP contribution >= 0.6 is 0 Å². The van der Waals surface area contributed by atoms with Gasteiger partial charge in [-0.3, -0.25) is 9.48 Å². The molecule has 94 valence electrons. The number of amides is 1. The lowest BCUT2D eigenvalue weighted by Gasteiger charge is -2.06. The van der Waals surface area contributed by atoms with Gasteiger partial charge in [0, 0.05) is 12.1 Å². The van der Waals surface area contributed by atoms with Gasteiger partial charge in [-0.15, -0.1) is 0 Å². The summed E-state index contributed by atoms with van der Waals surface area (Å²) in [6, 6.07) is 4.61. The van der Waals surface area contributed by atoms with Crippen LogP contribution < -0.4 is 5.32 Å². The monoisotopic (exact) mass is 248 g/mol. The van der Waals surface area contributed by atoms with Crippen molar-refractivity contribution in [1.82, 2.24) is 14.8 Å². The van der Waals surface area contributed by atoms with E-state index in [2.05, 4.69) is 15.4 Å². The minimum Gasteiger partial charge on any atom is -0.326 e. The zero-order valence-corrected chi connectivity index (χ0v) is 9.93. The molecule has 2 aromatic rings. The molecule has 0 saturated heterocycles. The number of aryl methyl sites for hydroxylation is 2. The number of halogens is 1. The molecule has 1 amide bonds. The Balaban J connectivity index is 1.88. The first-order valence-corrected chi connectivity index (χ1v) is 5.53. The number of anilines is 1. The second-order valence-electron chi connectivity index (χ2n) is 3.92. The van der Waals surface area contributed by atoms with E-state index in [1.54, 1.807) is 30.1 Å². The van der Waals surface area contributed by atoms with Gasteiger partial charge in [-0.25, -0.2) is 9.37 Å². The third kappa shape index (κ3) is 3.13. The molecule has 0 unspecified atom stereocenters. The number of hydrogen-bond acceptors (Lipinski definition) is 3. The topological polar surface area (TPSA) is 59.8 Å². The van der Waals surface area contributed by atoms with Crippen molar-refractivity contribution in [2.45, 2.75) is 19.9 Å². The van der Waals surface area contributed by atoms with Gasteiger partial charge in [0.15, 0.2) is 0 Å². The zero-order chi connectivity index (χ0) is 13.0. The lowest BCUT2D eigenvalue weighted by molar-refractivity contribution is -0.116. The van der Waals surface area contributed by atoms with E-state index in [1.165, 1.54) is 12.4 Å². The molecule has 0 aliphatic heterocycles. The number of carbonyl (C=O) groups excluding carboxylic acids is 1. The molecule has 1 heterocycles. The van der Waals surface area contributed by atoms with E-state index >= 15 is 0 Å². The molecule has 0 radical (unpaired) electrons. The van der Waals surface area contributed by atoms with Crippen LogP contribution in [0.25, 0.3) is 0 Å². The maximum absolute atomic E-state index is 13.3. The summed E-state index contributed by atoms with van der Waals surface area (Å²) in [7, 11) is 0. The summed E-state index contributed by atoms with van der Waals surface area (Å²) in [5, 5.41) is 6.52. The second-order valence-corrected chi connectivity index (χ2v) is 3.92. The molecule has 0 aliphatic rings. The average molecular weight is 248 g/mol. The molecule has 0 saturated carbocycles. The lowest BCUT2D eigenvalue weighted by atomic mass is 10.2. The highest BCUT2D eigenvalue weighted by molar-refractivity contribution is 5.90. The molecular formula is C12H13FN4O. The highest BCUT2D eigenvalue weighted by atomic mass is 19.1. The normalized spacial score (nSPS) is 10.3. The summed E-state index contributed by atoms with van der Waals surface area (Å²) in [4.78, 5) is 15.4. The Hall–Kier alpha value is -2.24. The van der Waals surface area contributed by atoms with E-state index in [0.717, 1.165) is 0 Å². The molecule has 1 N–H and O–H groups in total. The Kier molecular flexibility index (Phi) is 3.66. The first-order valence-electron chi connectivity index (χ1n) is 5.53. The molecule has 1 aromatic carbocycles. The molecule has 1 aromatic heterocycles. The quantitative estimate of drug-likeness (QED) is 0.896. The van der Waals surface area contributed by atoms with Crippen molar-refractivity contribution in [3.63, 3.8) is 0 Å². The number of carbonyl (C=O) groups is 1. The molecule has 6 heteroatoms. The number of rotatable bonds is 4. The average Bonchev–Trinajstić information content (AvgIpc) is 2.84. The Morgan fingerprint density at radius 3 is 3.00 bits per heavy atom. The van der Waals surface area contributed by atoms with E-state index in [1.807, 2.05) is 0 Å². The lowest BCUT2D eigenvalue weighted by Crippen LogP contribution is -2.14. The van der Waals surface area contributed by atoms with E-state index in [4.69, 9.17) is 0 Å². The third-order valence-electron chi connectivity index (χ3n) is 2.49. The Labute approximate surface area is 104 Å². The maximum Gasteiger partial charge on any atom is 0.226 e. The van der Waals surface area contributed by atoms with Crippen molar-refractivity contribution in [3.8, 4) is 0 Å². The highest BCUT2D eigenvalue weighted by Gasteiger charge is 2.05. The summed E-state index contributed by atoms with van der Waals surface area (Å²) >= 11 is 0. The van der Waals surface area contributed by atoms with Crippen LogP contribution in [0.5, 0.6) is 0 Å². The summed E-state index contributed by atoms with van der Waals surface area (Å²) in [5.74, 6) is -0.516. The standard InChI is InChI=1S/C12H13FN4O/c1-9-2-3-10(6-11(9)13)16-12(18)4-5-17-8-14-7-15-17/h2-3,6-8H,4-5H2,1H3,(H,16,18). The van der Waals surface area contributed by atoms with Crippen LogP contribution in [0, 0.1) is 12.7 Å². The van der Waals surface area contributed by atoms with Crippen molar-refractivity contribution in [3.05, 3.63) is 42.2 Å². The van der Waals surface area contributed by atoms with Gasteiger partial charge in [0.25, 0.3) is 0 Å². The molecule has 5 nitrogen and oxygen atoms in total. The molecule has 0 atom stereocenters. The number of aromatic nitrogens is 3. The first-order chi connectivity index (χ1) is 8.65. The number of benzene rings is 1. The Morgan fingerprint density at radius 1 is 1.50 bits per heavy atom. The van der Waals surface area contributed by atoms with Gasteiger partial charge in [0.1, 0.15) is 18.5 Å². The van der Waals surface area contributed by atoms with Crippen LogP contribution in [-0.4, -0.2) is 20.7 Å². The molecule has 18 heavy (non-hydrogen) atoms. The van der Waals surface area contributed by atoms with Gasteiger partial charge >= 0.3 is 0 Å². The minimum absolute atomic E-state index is 0.186. The van der Waals surface area contributed by atoms with Crippen LogP contribution in [0.2, 0.25) is 0 Å². The molecular weight excluding hydrogens is 235 g/mol. The van der Waals surface area contributed by atoms with Crippen LogP contribution in [-0.2, 0) is 11.3 Å². The van der Waals surface area contributed by atoms with E-state index in [9.17, 15) is 9.18 Å². The fourth-order valence-corrected chi connectivity index (χ4v) is 1.46. The molecule has 0 fully saturated rings. The molecule has 0 bridgehead atoms.